The second-order valence-electron chi connectivity index (χ2n) is 6.60. The van der Waals surface area contributed by atoms with Gasteiger partial charge in [0.15, 0.2) is 0 Å². The van der Waals surface area contributed by atoms with Gasteiger partial charge in [-0.1, -0.05) is 22.0 Å². The molecule has 1 fully saturated rings. The molecule has 1 saturated heterocycles. The smallest absolute Gasteiger partial charge is 0.321 e. The highest BCUT2D eigenvalue weighted by molar-refractivity contribution is 9.10. The van der Waals surface area contributed by atoms with Gasteiger partial charge in [-0.2, -0.15) is 0 Å². The van der Waals surface area contributed by atoms with Gasteiger partial charge in [0.1, 0.15) is 0 Å². The van der Waals surface area contributed by atoms with E-state index in [9.17, 15) is 14.4 Å². The summed E-state index contributed by atoms with van der Waals surface area (Å²) in [5.74, 6) is -0.569. The highest BCUT2D eigenvalue weighted by atomic mass is 79.9. The van der Waals surface area contributed by atoms with Crippen molar-refractivity contribution >= 4 is 45.2 Å². The number of anilines is 2. The minimum atomic E-state index is -0.288. The van der Waals surface area contributed by atoms with Gasteiger partial charge in [-0.15, -0.1) is 0 Å². The van der Waals surface area contributed by atoms with E-state index in [1.165, 1.54) is 4.90 Å². The molecule has 1 aliphatic heterocycles. The summed E-state index contributed by atoms with van der Waals surface area (Å²) in [7, 11) is 1.57. The molecule has 1 aliphatic rings. The fourth-order valence-corrected chi connectivity index (χ4v) is 3.47. The first kappa shape index (κ1) is 19.9. The Balaban J connectivity index is 1.65. The molecule has 2 aromatic rings. The molecule has 0 atom stereocenters. The van der Waals surface area contributed by atoms with Crippen LogP contribution in [0.1, 0.15) is 15.9 Å². The molecule has 7 nitrogen and oxygen atoms in total. The van der Waals surface area contributed by atoms with E-state index in [1.807, 2.05) is 25.1 Å². The van der Waals surface area contributed by atoms with Crippen LogP contribution in [0, 0.1) is 6.92 Å². The van der Waals surface area contributed by atoms with Gasteiger partial charge in [0, 0.05) is 41.5 Å². The van der Waals surface area contributed by atoms with E-state index in [1.54, 1.807) is 36.2 Å². The molecule has 28 heavy (non-hydrogen) atoms. The maximum atomic E-state index is 12.7. The molecule has 0 aromatic heterocycles. The highest BCUT2D eigenvalue weighted by Gasteiger charge is 2.22. The molecule has 0 spiro atoms. The van der Waals surface area contributed by atoms with Crippen molar-refractivity contribution in [3.8, 4) is 0 Å². The standard InChI is InChI=1S/C20H21BrN4O3/c1-13-10-15(21)6-7-17(13)23-18(26)12-24(2)19(27)14-4-3-5-16(11-14)25-9-8-22-20(25)28/h3-7,10-11H,8-9,12H2,1-2H3,(H,22,28)(H,23,26). The average molecular weight is 445 g/mol. The van der Waals surface area contributed by atoms with Gasteiger partial charge in [-0.3, -0.25) is 14.5 Å². The summed E-state index contributed by atoms with van der Waals surface area (Å²) in [6.45, 7) is 2.95. The second kappa shape index (κ2) is 8.43. The van der Waals surface area contributed by atoms with Gasteiger partial charge in [0.05, 0.1) is 6.54 Å². The third-order valence-corrected chi connectivity index (χ3v) is 4.94. The highest BCUT2D eigenvalue weighted by Crippen LogP contribution is 2.21. The summed E-state index contributed by atoms with van der Waals surface area (Å²) in [6, 6.07) is 12.2. The van der Waals surface area contributed by atoms with Crippen LogP contribution in [0.5, 0.6) is 0 Å². The van der Waals surface area contributed by atoms with Gasteiger partial charge >= 0.3 is 6.03 Å². The Labute approximate surface area is 171 Å². The van der Waals surface area contributed by atoms with Gasteiger partial charge in [0.2, 0.25) is 5.91 Å². The number of carbonyl (C=O) groups excluding carboxylic acids is 3. The van der Waals surface area contributed by atoms with E-state index in [0.29, 0.717) is 30.0 Å². The van der Waals surface area contributed by atoms with E-state index >= 15 is 0 Å². The van der Waals surface area contributed by atoms with Gasteiger partial charge in [-0.05, 0) is 48.9 Å². The molecule has 0 aliphatic carbocycles. The van der Waals surface area contributed by atoms with Crippen LogP contribution >= 0.6 is 15.9 Å². The summed E-state index contributed by atoms with van der Waals surface area (Å²) < 4.78 is 0.932. The van der Waals surface area contributed by atoms with Crippen LogP contribution in [0.15, 0.2) is 46.9 Å². The number of aryl methyl sites for hydroxylation is 1. The Kier molecular flexibility index (Phi) is 5.99. The molecule has 2 aromatic carbocycles. The van der Waals surface area contributed by atoms with Crippen LogP contribution in [0.25, 0.3) is 0 Å². The Hall–Kier alpha value is -2.87. The van der Waals surface area contributed by atoms with Crippen LogP contribution < -0.4 is 15.5 Å². The van der Waals surface area contributed by atoms with Crippen molar-refractivity contribution in [3.63, 3.8) is 0 Å². The lowest BCUT2D eigenvalue weighted by Gasteiger charge is -2.19. The number of nitrogens with one attached hydrogen (secondary N) is 2. The van der Waals surface area contributed by atoms with Crippen molar-refractivity contribution < 1.29 is 14.4 Å². The lowest BCUT2D eigenvalue weighted by atomic mass is 10.1. The Bertz CT molecular complexity index is 931. The molecule has 1 heterocycles. The van der Waals surface area contributed by atoms with Gasteiger partial charge in [-0.25, -0.2) is 4.79 Å². The normalized spacial score (nSPS) is 13.2. The molecule has 0 unspecified atom stereocenters. The van der Waals surface area contributed by atoms with Crippen LogP contribution in [0.4, 0.5) is 16.2 Å². The topological polar surface area (TPSA) is 81.8 Å². The van der Waals surface area contributed by atoms with Crippen molar-refractivity contribution in [3.05, 3.63) is 58.1 Å². The lowest BCUT2D eigenvalue weighted by Crippen LogP contribution is -2.35. The first-order valence-electron chi connectivity index (χ1n) is 8.82. The summed E-state index contributed by atoms with van der Waals surface area (Å²) in [5.41, 5.74) is 2.71. The lowest BCUT2D eigenvalue weighted by molar-refractivity contribution is -0.116. The number of urea groups is 1. The molecule has 2 N–H and O–H groups in total. The maximum absolute atomic E-state index is 12.7. The number of carbonyl (C=O) groups is 3. The predicted molar refractivity (Wildman–Crippen MR) is 112 cm³/mol. The van der Waals surface area contributed by atoms with Crippen molar-refractivity contribution in [1.29, 1.82) is 0 Å². The quantitative estimate of drug-likeness (QED) is 0.743. The summed E-state index contributed by atoms with van der Waals surface area (Å²) in [4.78, 5) is 39.8. The number of nitrogens with zero attached hydrogens (tertiary/aromatic N) is 2. The van der Waals surface area contributed by atoms with E-state index in [2.05, 4.69) is 26.6 Å². The van der Waals surface area contributed by atoms with Crippen molar-refractivity contribution in [2.75, 3.05) is 36.9 Å². The number of halogens is 1. The number of hydrogen-bond acceptors (Lipinski definition) is 3. The van der Waals surface area contributed by atoms with E-state index in [-0.39, 0.29) is 24.4 Å². The van der Waals surface area contributed by atoms with Crippen molar-refractivity contribution in [1.82, 2.24) is 10.2 Å². The van der Waals surface area contributed by atoms with Crippen LogP contribution in [0.3, 0.4) is 0 Å². The minimum Gasteiger partial charge on any atom is -0.336 e. The summed E-state index contributed by atoms with van der Waals surface area (Å²) >= 11 is 3.39. The fourth-order valence-electron chi connectivity index (χ4n) is 2.99. The molecule has 8 heteroatoms. The summed E-state index contributed by atoms with van der Waals surface area (Å²) in [6.07, 6.45) is 0. The zero-order chi connectivity index (χ0) is 20.3. The van der Waals surface area contributed by atoms with Crippen molar-refractivity contribution in [2.45, 2.75) is 6.92 Å². The Morgan fingerprint density at radius 2 is 2.04 bits per heavy atom. The first-order valence-corrected chi connectivity index (χ1v) is 9.61. The van der Waals surface area contributed by atoms with Crippen LogP contribution in [0.2, 0.25) is 0 Å². The Morgan fingerprint density at radius 3 is 2.71 bits per heavy atom. The zero-order valence-electron chi connectivity index (χ0n) is 15.7. The van der Waals surface area contributed by atoms with E-state index < -0.39 is 0 Å². The molecule has 4 amide bonds. The Morgan fingerprint density at radius 1 is 1.25 bits per heavy atom. The molecule has 3 rings (SSSR count). The molecular weight excluding hydrogens is 424 g/mol. The molecule has 0 bridgehead atoms. The third-order valence-electron chi connectivity index (χ3n) is 4.45. The van der Waals surface area contributed by atoms with Gasteiger partial charge in [0.25, 0.3) is 5.91 Å². The van der Waals surface area contributed by atoms with E-state index in [4.69, 9.17) is 0 Å². The molecule has 0 radical (unpaired) electrons. The number of rotatable bonds is 5. The summed E-state index contributed by atoms with van der Waals surface area (Å²) in [5, 5.41) is 5.55. The SMILES string of the molecule is Cc1cc(Br)ccc1NC(=O)CN(C)C(=O)c1cccc(N2CCNC2=O)c1. The van der Waals surface area contributed by atoms with E-state index in [0.717, 1.165) is 10.0 Å². The monoisotopic (exact) mass is 444 g/mol. The number of benzene rings is 2. The molecule has 0 saturated carbocycles. The number of amides is 4. The largest absolute Gasteiger partial charge is 0.336 e. The first-order chi connectivity index (χ1) is 13.3. The average Bonchev–Trinajstić information content (AvgIpc) is 3.09. The van der Waals surface area contributed by atoms with Crippen LogP contribution in [-0.4, -0.2) is 49.4 Å². The predicted octanol–water partition coefficient (Wildman–Crippen LogP) is 3.00. The second-order valence-corrected chi connectivity index (χ2v) is 7.52. The maximum Gasteiger partial charge on any atom is 0.321 e. The third kappa shape index (κ3) is 4.51. The van der Waals surface area contributed by atoms with Crippen molar-refractivity contribution in [2.24, 2.45) is 0 Å². The number of hydrogen-bond donors (Lipinski definition) is 2. The van der Waals surface area contributed by atoms with Gasteiger partial charge < -0.3 is 15.5 Å². The molecular formula is C20H21BrN4O3. The zero-order valence-corrected chi connectivity index (χ0v) is 17.2. The van der Waals surface area contributed by atoms with Crippen LogP contribution in [-0.2, 0) is 4.79 Å². The fraction of sp³-hybridized carbons (Fsp3) is 0.250. The minimum absolute atomic E-state index is 0.0806. The molecule has 146 valence electrons. The number of likely N-dealkylation sites (N-methyl/N-ethyl adjacent to an activating group) is 1.